The number of carbonyl (C=O) groups excluding carboxylic acids is 5. The van der Waals surface area contributed by atoms with Crippen LogP contribution >= 0.6 is 15.9 Å². The Kier molecular flexibility index (Phi) is 13.4. The van der Waals surface area contributed by atoms with E-state index in [1.165, 1.54) is 27.7 Å². The topological polar surface area (TPSA) is 183 Å². The molecule has 6 N–H and O–H groups in total. The van der Waals surface area contributed by atoms with E-state index < -0.39 is 63.2 Å². The lowest BCUT2D eigenvalue weighted by molar-refractivity contribution is -0.148. The van der Waals surface area contributed by atoms with Crippen molar-refractivity contribution in [3.63, 3.8) is 0 Å². The summed E-state index contributed by atoms with van der Waals surface area (Å²) in [6.07, 6.45) is 0.789. The maximum Gasteiger partial charge on any atom is 0.329 e. The molecule has 1 aromatic carbocycles. The third-order valence-electron chi connectivity index (χ3n) is 9.07. The molecule has 0 spiro atoms. The van der Waals surface area contributed by atoms with Gasteiger partial charge < -0.3 is 31.7 Å². The van der Waals surface area contributed by atoms with Gasteiger partial charge >= 0.3 is 5.97 Å². The van der Waals surface area contributed by atoms with Crippen molar-refractivity contribution in [2.45, 2.75) is 129 Å². The quantitative estimate of drug-likeness (QED) is 0.153. The maximum atomic E-state index is 13.7. The lowest BCUT2D eigenvalue weighted by Crippen LogP contribution is -2.70. The molecule has 0 aliphatic rings. The number of hydrogen-bond donors (Lipinski definition) is 6. The molecule has 0 heterocycles. The average molecular weight is 697 g/mol. The average Bonchev–Trinajstić information content (AvgIpc) is 3.00. The molecule has 0 aliphatic heterocycles. The lowest BCUT2D eigenvalue weighted by Gasteiger charge is -2.39. The molecule has 0 bridgehead atoms. The molecule has 5 atom stereocenters. The van der Waals surface area contributed by atoms with Crippen molar-refractivity contribution in [2.75, 3.05) is 0 Å². The van der Waals surface area contributed by atoms with Crippen LogP contribution in [0.4, 0.5) is 0 Å². The lowest BCUT2D eigenvalue weighted by atomic mass is 9.88. The van der Waals surface area contributed by atoms with E-state index in [9.17, 15) is 33.9 Å². The minimum absolute atomic E-state index is 0.122. The van der Waals surface area contributed by atoms with Gasteiger partial charge in [-0.25, -0.2) is 4.79 Å². The van der Waals surface area contributed by atoms with Gasteiger partial charge in [-0.1, -0.05) is 50.5 Å². The second kappa shape index (κ2) is 15.2. The molecule has 1 rings (SSSR count). The van der Waals surface area contributed by atoms with Crippen LogP contribution in [0.3, 0.4) is 0 Å². The summed E-state index contributed by atoms with van der Waals surface area (Å²) >= 11 is 3.33. The number of carboxylic acid groups (broad SMARTS) is 1. The van der Waals surface area contributed by atoms with E-state index in [0.717, 1.165) is 4.47 Å². The van der Waals surface area contributed by atoms with E-state index in [0.29, 0.717) is 5.56 Å². The molecular formula is C32H50BrN5O7. The molecule has 1 aromatic rings. The smallest absolute Gasteiger partial charge is 0.329 e. The van der Waals surface area contributed by atoms with E-state index in [-0.39, 0.29) is 32.1 Å². The third kappa shape index (κ3) is 9.27. The van der Waals surface area contributed by atoms with Crippen molar-refractivity contribution < 1.29 is 33.9 Å². The highest BCUT2D eigenvalue weighted by molar-refractivity contribution is 9.10. The molecule has 5 amide bonds. The van der Waals surface area contributed by atoms with Crippen LogP contribution in [0, 0.1) is 0 Å². The first-order chi connectivity index (χ1) is 20.6. The molecule has 0 aliphatic carbocycles. The summed E-state index contributed by atoms with van der Waals surface area (Å²) in [5, 5.41) is 23.2. The van der Waals surface area contributed by atoms with Crippen molar-refractivity contribution in [3.8, 4) is 0 Å². The molecule has 0 fully saturated rings. The van der Waals surface area contributed by atoms with Crippen LogP contribution in [-0.2, 0) is 24.0 Å². The van der Waals surface area contributed by atoms with E-state index >= 15 is 0 Å². The van der Waals surface area contributed by atoms with E-state index in [4.69, 9.17) is 0 Å². The number of aliphatic carboxylic acids is 1. The van der Waals surface area contributed by atoms with Crippen LogP contribution < -0.4 is 26.6 Å². The van der Waals surface area contributed by atoms with Gasteiger partial charge in [0.15, 0.2) is 0 Å². The highest BCUT2D eigenvalue weighted by atomic mass is 79.9. The first-order valence-corrected chi connectivity index (χ1v) is 16.1. The Morgan fingerprint density at radius 1 is 0.533 bits per heavy atom. The summed E-state index contributed by atoms with van der Waals surface area (Å²) < 4.78 is 0.799. The fraction of sp³-hybridized carbons (Fsp3) is 0.625. The molecule has 0 saturated carbocycles. The van der Waals surface area contributed by atoms with Crippen LogP contribution in [0.25, 0.3) is 0 Å². The summed E-state index contributed by atoms with van der Waals surface area (Å²) in [4.78, 5) is 78.9. The van der Waals surface area contributed by atoms with Crippen molar-refractivity contribution in [1.29, 1.82) is 0 Å². The van der Waals surface area contributed by atoms with Crippen molar-refractivity contribution in [1.82, 2.24) is 26.6 Å². The van der Waals surface area contributed by atoms with Crippen LogP contribution in [0.5, 0.6) is 0 Å². The van der Waals surface area contributed by atoms with Crippen LogP contribution in [0.2, 0.25) is 0 Å². The Labute approximate surface area is 274 Å². The van der Waals surface area contributed by atoms with Gasteiger partial charge in [0.2, 0.25) is 23.6 Å². The van der Waals surface area contributed by atoms with Crippen LogP contribution in [-0.4, -0.2) is 68.3 Å². The van der Waals surface area contributed by atoms with E-state index in [2.05, 4.69) is 42.5 Å². The molecular weight excluding hydrogens is 646 g/mol. The summed E-state index contributed by atoms with van der Waals surface area (Å²) in [6, 6.07) is 6.67. The van der Waals surface area contributed by atoms with Gasteiger partial charge in [0, 0.05) is 10.0 Å². The summed E-state index contributed by atoms with van der Waals surface area (Å²) in [5.74, 6) is -4.21. The third-order valence-corrected chi connectivity index (χ3v) is 9.59. The SMILES string of the molecule is CC[C@@](C)(NC(=O)[C@](C)(CC)NC(=O)[C@@](C)(CC)NC(=O)[C@](C)(CC)NC(=O)[C@@](C)(CC)NC(=O)c1ccc(Br)cc1)C(=O)O. The molecule has 252 valence electrons. The minimum Gasteiger partial charge on any atom is -0.480 e. The fourth-order valence-corrected chi connectivity index (χ4v) is 4.26. The summed E-state index contributed by atoms with van der Waals surface area (Å²) in [5.41, 5.74) is -6.98. The molecule has 12 nitrogen and oxygen atoms in total. The summed E-state index contributed by atoms with van der Waals surface area (Å²) in [6.45, 7) is 15.9. The second-order valence-corrected chi connectivity index (χ2v) is 13.4. The fourth-order valence-electron chi connectivity index (χ4n) is 3.99. The van der Waals surface area contributed by atoms with Crippen molar-refractivity contribution in [2.24, 2.45) is 0 Å². The van der Waals surface area contributed by atoms with Gasteiger partial charge in [-0.05, 0) is 91.0 Å². The van der Waals surface area contributed by atoms with Crippen LogP contribution in [0.15, 0.2) is 28.7 Å². The largest absolute Gasteiger partial charge is 0.480 e. The van der Waals surface area contributed by atoms with Crippen molar-refractivity contribution >= 4 is 51.4 Å². The number of benzene rings is 1. The Morgan fingerprint density at radius 2 is 0.800 bits per heavy atom. The number of amides is 5. The molecule has 0 radical (unpaired) electrons. The monoisotopic (exact) mass is 695 g/mol. The number of nitrogens with one attached hydrogen (secondary N) is 5. The second-order valence-electron chi connectivity index (χ2n) is 12.5. The van der Waals surface area contributed by atoms with Gasteiger partial charge in [0.25, 0.3) is 5.91 Å². The molecule has 0 unspecified atom stereocenters. The molecule has 0 saturated heterocycles. The zero-order chi connectivity index (χ0) is 35.0. The Morgan fingerprint density at radius 3 is 1.07 bits per heavy atom. The Balaban J connectivity index is 3.19. The molecule has 0 aromatic heterocycles. The predicted molar refractivity (Wildman–Crippen MR) is 175 cm³/mol. The minimum atomic E-state index is -1.54. The highest BCUT2D eigenvalue weighted by Crippen LogP contribution is 2.22. The van der Waals surface area contributed by atoms with Gasteiger partial charge in [-0.2, -0.15) is 0 Å². The standard InChI is InChI=1S/C32H50BrN5O7/c1-11-28(6,34-22(39)20-16-18-21(33)19-17-20)23(40)35-29(7,12-2)24(41)36-30(8,13-3)25(42)37-31(9,14-4)26(43)38-32(10,15-5)27(44)45/h16-19H,11-15H2,1-10H3,(H,34,39)(H,35,40)(H,36,41)(H,37,42)(H,38,43)(H,44,45)/t28-,29+,30-,31+,32-/m1/s1. The van der Waals surface area contributed by atoms with E-state index in [1.54, 1.807) is 65.8 Å². The van der Waals surface area contributed by atoms with Crippen molar-refractivity contribution in [3.05, 3.63) is 34.3 Å². The maximum absolute atomic E-state index is 13.7. The Bertz CT molecular complexity index is 1290. The zero-order valence-corrected chi connectivity index (χ0v) is 29.7. The van der Waals surface area contributed by atoms with Gasteiger partial charge in [0.05, 0.1) is 0 Å². The van der Waals surface area contributed by atoms with Gasteiger partial charge in [-0.3, -0.25) is 24.0 Å². The molecule has 13 heteroatoms. The van der Waals surface area contributed by atoms with Gasteiger partial charge in [-0.15, -0.1) is 0 Å². The Hall–Kier alpha value is -3.48. The number of hydrogen-bond acceptors (Lipinski definition) is 6. The van der Waals surface area contributed by atoms with E-state index in [1.807, 2.05) is 0 Å². The first-order valence-electron chi connectivity index (χ1n) is 15.3. The highest BCUT2D eigenvalue weighted by Gasteiger charge is 2.46. The summed E-state index contributed by atoms with van der Waals surface area (Å²) in [7, 11) is 0. The van der Waals surface area contributed by atoms with Gasteiger partial charge in [0.1, 0.15) is 27.7 Å². The van der Waals surface area contributed by atoms with Crippen LogP contribution in [0.1, 0.15) is 112 Å². The number of rotatable bonds is 16. The molecule has 45 heavy (non-hydrogen) atoms. The number of halogens is 1. The predicted octanol–water partition coefficient (Wildman–Crippen LogP) is 3.57. The zero-order valence-electron chi connectivity index (χ0n) is 28.1. The number of carbonyl (C=O) groups is 6. The number of carboxylic acids is 1. The first kappa shape index (κ1) is 39.5. The normalized spacial score (nSPS) is 17.8.